The first-order chi connectivity index (χ1) is 11.8. The first-order valence-electron chi connectivity index (χ1n) is 8.67. The fourth-order valence-corrected chi connectivity index (χ4v) is 3.37. The summed E-state index contributed by atoms with van der Waals surface area (Å²) in [5.74, 6) is 1.68. The molecule has 1 fully saturated rings. The molecule has 128 valence electrons. The van der Waals surface area contributed by atoms with E-state index in [9.17, 15) is 4.79 Å². The number of benzene rings is 1. The summed E-state index contributed by atoms with van der Waals surface area (Å²) in [7, 11) is 1.62. The second-order valence-corrected chi connectivity index (χ2v) is 6.48. The summed E-state index contributed by atoms with van der Waals surface area (Å²) in [6.07, 6.45) is 4.47. The van der Waals surface area contributed by atoms with E-state index in [2.05, 4.69) is 24.3 Å². The van der Waals surface area contributed by atoms with E-state index >= 15 is 0 Å². The molecule has 1 amide bonds. The van der Waals surface area contributed by atoms with Crippen LogP contribution in [0.3, 0.4) is 0 Å². The molecule has 0 bridgehead atoms. The molecule has 4 heteroatoms. The molecule has 0 unspecified atom stereocenters. The molecule has 1 aromatic carbocycles. The van der Waals surface area contributed by atoms with Crippen molar-refractivity contribution in [3.8, 4) is 0 Å². The van der Waals surface area contributed by atoms with Crippen molar-refractivity contribution in [2.45, 2.75) is 32.3 Å². The van der Waals surface area contributed by atoms with Crippen molar-refractivity contribution in [1.82, 2.24) is 4.90 Å². The number of nitrogens with zero attached hydrogens (tertiary/aromatic N) is 1. The van der Waals surface area contributed by atoms with Crippen LogP contribution in [0.25, 0.3) is 0 Å². The third-order valence-corrected chi connectivity index (χ3v) is 4.65. The molecule has 0 aliphatic carbocycles. The second kappa shape index (κ2) is 8.15. The quantitative estimate of drug-likeness (QED) is 0.808. The van der Waals surface area contributed by atoms with Crippen LogP contribution < -0.4 is 0 Å². The monoisotopic (exact) mass is 327 g/mol. The molecule has 24 heavy (non-hydrogen) atoms. The van der Waals surface area contributed by atoms with Gasteiger partial charge in [-0.25, -0.2) is 0 Å². The molecule has 1 atom stereocenters. The van der Waals surface area contributed by atoms with E-state index in [1.807, 2.05) is 17.0 Å². The van der Waals surface area contributed by atoms with E-state index in [4.69, 9.17) is 9.15 Å². The molecule has 0 saturated carbocycles. The number of methoxy groups -OCH3 is 1. The average molecular weight is 327 g/mol. The predicted molar refractivity (Wildman–Crippen MR) is 92.8 cm³/mol. The molecule has 4 nitrogen and oxygen atoms in total. The van der Waals surface area contributed by atoms with Crippen molar-refractivity contribution in [2.75, 3.05) is 20.2 Å². The SMILES string of the molecule is COCc1ccc(C(=O)N2CCC[C@@H](CCc3ccccc3)C2)o1. The first-order valence-corrected chi connectivity index (χ1v) is 8.67. The maximum Gasteiger partial charge on any atom is 0.289 e. The zero-order valence-electron chi connectivity index (χ0n) is 14.2. The van der Waals surface area contributed by atoms with E-state index in [0.717, 1.165) is 32.4 Å². The number of carbonyl (C=O) groups is 1. The summed E-state index contributed by atoms with van der Waals surface area (Å²) in [5, 5.41) is 0. The van der Waals surface area contributed by atoms with Gasteiger partial charge in [-0.2, -0.15) is 0 Å². The van der Waals surface area contributed by atoms with Gasteiger partial charge < -0.3 is 14.1 Å². The van der Waals surface area contributed by atoms with E-state index in [1.165, 1.54) is 12.0 Å². The minimum atomic E-state index is 0.00163. The summed E-state index contributed by atoms with van der Waals surface area (Å²) < 4.78 is 10.6. The topological polar surface area (TPSA) is 42.7 Å². The Morgan fingerprint density at radius 2 is 2.08 bits per heavy atom. The minimum Gasteiger partial charge on any atom is -0.453 e. The molecule has 1 saturated heterocycles. The number of hydrogen-bond donors (Lipinski definition) is 0. The van der Waals surface area contributed by atoms with Crippen LogP contribution in [-0.4, -0.2) is 31.0 Å². The number of carbonyl (C=O) groups excluding carboxylic acids is 1. The number of ether oxygens (including phenoxy) is 1. The van der Waals surface area contributed by atoms with Gasteiger partial charge in [0, 0.05) is 20.2 Å². The number of rotatable bonds is 6. The predicted octanol–water partition coefficient (Wildman–Crippen LogP) is 3.91. The first kappa shape index (κ1) is 16.8. The summed E-state index contributed by atoms with van der Waals surface area (Å²) >= 11 is 0. The van der Waals surface area contributed by atoms with Crippen LogP contribution in [0.1, 0.15) is 41.1 Å². The third kappa shape index (κ3) is 4.26. The van der Waals surface area contributed by atoms with Gasteiger partial charge >= 0.3 is 0 Å². The highest BCUT2D eigenvalue weighted by Crippen LogP contribution is 2.23. The third-order valence-electron chi connectivity index (χ3n) is 4.65. The standard InChI is InChI=1S/C20H25NO3/c1-23-15-18-11-12-19(24-18)20(22)21-13-5-8-17(14-21)10-9-16-6-3-2-4-7-16/h2-4,6-7,11-12,17H,5,8-10,13-15H2,1H3/t17-/m0/s1. The normalized spacial score (nSPS) is 17.9. The number of piperidine rings is 1. The summed E-state index contributed by atoms with van der Waals surface area (Å²) in [6.45, 7) is 2.04. The maximum atomic E-state index is 12.6. The van der Waals surface area contributed by atoms with Gasteiger partial charge in [-0.3, -0.25) is 4.79 Å². The van der Waals surface area contributed by atoms with Gasteiger partial charge in [0.25, 0.3) is 5.91 Å². The van der Waals surface area contributed by atoms with E-state index in [-0.39, 0.29) is 5.91 Å². The van der Waals surface area contributed by atoms with E-state index in [1.54, 1.807) is 13.2 Å². The molecule has 1 aliphatic heterocycles. The Labute approximate surface area is 143 Å². The van der Waals surface area contributed by atoms with Gasteiger partial charge in [-0.1, -0.05) is 30.3 Å². The summed E-state index contributed by atoms with van der Waals surface area (Å²) in [4.78, 5) is 14.6. The van der Waals surface area contributed by atoms with Crippen molar-refractivity contribution in [3.63, 3.8) is 0 Å². The van der Waals surface area contributed by atoms with Crippen molar-refractivity contribution in [3.05, 3.63) is 59.5 Å². The smallest absolute Gasteiger partial charge is 0.289 e. The fourth-order valence-electron chi connectivity index (χ4n) is 3.37. The highest BCUT2D eigenvalue weighted by Gasteiger charge is 2.26. The lowest BCUT2D eigenvalue weighted by Crippen LogP contribution is -2.39. The average Bonchev–Trinajstić information content (AvgIpc) is 3.09. The molecule has 1 aliphatic rings. The van der Waals surface area contributed by atoms with Crippen LogP contribution >= 0.6 is 0 Å². The van der Waals surface area contributed by atoms with Crippen LogP contribution in [-0.2, 0) is 17.8 Å². The van der Waals surface area contributed by atoms with Crippen LogP contribution in [0.4, 0.5) is 0 Å². The fraction of sp³-hybridized carbons (Fsp3) is 0.450. The van der Waals surface area contributed by atoms with Gasteiger partial charge in [0.1, 0.15) is 12.4 Å². The zero-order valence-corrected chi connectivity index (χ0v) is 14.2. The number of aryl methyl sites for hydroxylation is 1. The molecule has 0 N–H and O–H groups in total. The molecular formula is C20H25NO3. The Kier molecular flexibility index (Phi) is 5.70. The molecule has 0 radical (unpaired) electrons. The minimum absolute atomic E-state index is 0.00163. The molecular weight excluding hydrogens is 302 g/mol. The van der Waals surface area contributed by atoms with Crippen LogP contribution in [0.15, 0.2) is 46.9 Å². The Balaban J connectivity index is 1.55. The Bertz CT molecular complexity index is 650. The summed E-state index contributed by atoms with van der Waals surface area (Å²) in [6, 6.07) is 14.1. The van der Waals surface area contributed by atoms with Crippen LogP contribution in [0.5, 0.6) is 0 Å². The number of hydrogen-bond acceptors (Lipinski definition) is 3. The maximum absolute atomic E-state index is 12.6. The Morgan fingerprint density at radius 3 is 2.88 bits per heavy atom. The van der Waals surface area contributed by atoms with Crippen molar-refractivity contribution in [1.29, 1.82) is 0 Å². The van der Waals surface area contributed by atoms with Crippen LogP contribution in [0, 0.1) is 5.92 Å². The number of amides is 1. The van der Waals surface area contributed by atoms with Crippen LogP contribution in [0.2, 0.25) is 0 Å². The van der Waals surface area contributed by atoms with Gasteiger partial charge in [0.15, 0.2) is 5.76 Å². The van der Waals surface area contributed by atoms with E-state index in [0.29, 0.717) is 24.0 Å². The van der Waals surface area contributed by atoms with Crippen molar-refractivity contribution < 1.29 is 13.9 Å². The molecule has 2 aromatic rings. The van der Waals surface area contributed by atoms with Gasteiger partial charge in [-0.05, 0) is 49.3 Å². The lowest BCUT2D eigenvalue weighted by atomic mass is 9.91. The molecule has 2 heterocycles. The van der Waals surface area contributed by atoms with Crippen molar-refractivity contribution >= 4 is 5.91 Å². The number of furan rings is 1. The van der Waals surface area contributed by atoms with Gasteiger partial charge in [0.2, 0.25) is 0 Å². The number of likely N-dealkylation sites (tertiary alicyclic amines) is 1. The van der Waals surface area contributed by atoms with Gasteiger partial charge in [0.05, 0.1) is 0 Å². The molecule has 3 rings (SSSR count). The highest BCUT2D eigenvalue weighted by atomic mass is 16.5. The largest absolute Gasteiger partial charge is 0.453 e. The lowest BCUT2D eigenvalue weighted by molar-refractivity contribution is 0.0629. The summed E-state index contributed by atoms with van der Waals surface area (Å²) in [5.41, 5.74) is 1.37. The Hall–Kier alpha value is -2.07. The zero-order chi connectivity index (χ0) is 16.8. The lowest BCUT2D eigenvalue weighted by Gasteiger charge is -2.32. The highest BCUT2D eigenvalue weighted by molar-refractivity contribution is 5.91. The van der Waals surface area contributed by atoms with Crippen molar-refractivity contribution in [2.24, 2.45) is 5.92 Å². The van der Waals surface area contributed by atoms with Gasteiger partial charge in [-0.15, -0.1) is 0 Å². The van der Waals surface area contributed by atoms with E-state index < -0.39 is 0 Å². The molecule has 0 spiro atoms. The second-order valence-electron chi connectivity index (χ2n) is 6.48. The molecule has 1 aromatic heterocycles. The Morgan fingerprint density at radius 1 is 1.25 bits per heavy atom.